The Labute approximate surface area is 227 Å². The van der Waals surface area contributed by atoms with Gasteiger partial charge < -0.3 is 5.11 Å². The van der Waals surface area contributed by atoms with E-state index in [0.717, 1.165) is 23.5 Å². The summed E-state index contributed by atoms with van der Waals surface area (Å²) in [5, 5.41) is 17.9. The van der Waals surface area contributed by atoms with Crippen molar-refractivity contribution in [1.82, 2.24) is 19.7 Å². The molecule has 0 bridgehead atoms. The molecule has 1 saturated heterocycles. The highest BCUT2D eigenvalue weighted by atomic mass is 32.1. The highest BCUT2D eigenvalue weighted by Gasteiger charge is 2.44. The number of hydrogen-bond acceptors (Lipinski definition) is 5. The van der Waals surface area contributed by atoms with Gasteiger partial charge in [0.05, 0.1) is 35.1 Å². The molecular weight excluding hydrogens is 488 g/mol. The summed E-state index contributed by atoms with van der Waals surface area (Å²) >= 11 is 1.59. The lowest BCUT2D eigenvalue weighted by atomic mass is 9.74. The highest BCUT2D eigenvalue weighted by molar-refractivity contribution is 7.07. The van der Waals surface area contributed by atoms with E-state index in [-0.39, 0.29) is 0 Å². The third-order valence-electron chi connectivity index (χ3n) is 7.32. The minimum Gasteiger partial charge on any atom is -0.389 e. The smallest absolute Gasteiger partial charge is 0.0975 e. The molecule has 2 aromatic heterocycles. The standard InChI is InChI=1S/C32H30N4OS/c37-31-17-18-35(21-25(31)20-29-16-19-36(34-29)22-30-23-38-24-33-30)32(26-10-4-1-5-11-26,27-12-6-2-7-13-27)28-14-8-3-9-15-28/h1-16,19-20,23-24,31,37H,17-18,21-22H2/b25-20-. The summed E-state index contributed by atoms with van der Waals surface area (Å²) in [5.41, 5.74) is 7.78. The van der Waals surface area contributed by atoms with Gasteiger partial charge in [-0.25, -0.2) is 4.98 Å². The number of likely N-dealkylation sites (tertiary alicyclic amines) is 1. The Morgan fingerprint density at radius 3 is 2.03 bits per heavy atom. The van der Waals surface area contributed by atoms with Gasteiger partial charge in [-0.05, 0) is 40.8 Å². The maximum absolute atomic E-state index is 11.1. The van der Waals surface area contributed by atoms with Crippen molar-refractivity contribution in [3.8, 4) is 0 Å². The van der Waals surface area contributed by atoms with Crippen molar-refractivity contribution in [2.75, 3.05) is 13.1 Å². The average Bonchev–Trinajstić information content (AvgIpc) is 3.65. The normalized spacial score (nSPS) is 17.6. The molecule has 38 heavy (non-hydrogen) atoms. The van der Waals surface area contributed by atoms with Crippen molar-refractivity contribution in [3.63, 3.8) is 0 Å². The van der Waals surface area contributed by atoms with E-state index in [1.165, 1.54) is 16.7 Å². The van der Waals surface area contributed by atoms with Crippen molar-refractivity contribution in [2.24, 2.45) is 0 Å². The van der Waals surface area contributed by atoms with E-state index in [4.69, 9.17) is 5.10 Å². The van der Waals surface area contributed by atoms with Crippen molar-refractivity contribution in [2.45, 2.75) is 24.6 Å². The first-order valence-corrected chi connectivity index (χ1v) is 13.9. The molecule has 1 aliphatic rings. The Bertz CT molecular complexity index is 1380. The number of aliphatic hydroxyl groups excluding tert-OH is 1. The number of hydrogen-bond donors (Lipinski definition) is 1. The summed E-state index contributed by atoms with van der Waals surface area (Å²) in [7, 11) is 0. The molecule has 0 radical (unpaired) electrons. The molecule has 190 valence electrons. The maximum Gasteiger partial charge on any atom is 0.0975 e. The van der Waals surface area contributed by atoms with Gasteiger partial charge in [0.25, 0.3) is 0 Å². The molecular formula is C32H30N4OS. The molecule has 1 unspecified atom stereocenters. The van der Waals surface area contributed by atoms with E-state index in [1.54, 1.807) is 11.3 Å². The van der Waals surface area contributed by atoms with Gasteiger partial charge >= 0.3 is 0 Å². The van der Waals surface area contributed by atoms with Crippen molar-refractivity contribution in [3.05, 3.63) is 148 Å². The zero-order valence-electron chi connectivity index (χ0n) is 21.1. The molecule has 1 atom stereocenters. The molecule has 0 amide bonds. The molecule has 3 aromatic carbocycles. The van der Waals surface area contributed by atoms with Crippen LogP contribution >= 0.6 is 11.3 Å². The van der Waals surface area contributed by atoms with Crippen LogP contribution < -0.4 is 0 Å². The second-order valence-corrected chi connectivity index (χ2v) is 10.4. The second kappa shape index (κ2) is 10.9. The van der Waals surface area contributed by atoms with Gasteiger partial charge in [0.15, 0.2) is 0 Å². The number of rotatable bonds is 7. The van der Waals surface area contributed by atoms with E-state index in [1.807, 2.05) is 27.8 Å². The fourth-order valence-electron chi connectivity index (χ4n) is 5.60. The number of aliphatic hydroxyl groups is 1. The first-order chi connectivity index (χ1) is 18.7. The zero-order chi connectivity index (χ0) is 25.8. The van der Waals surface area contributed by atoms with Crippen LogP contribution in [-0.2, 0) is 12.1 Å². The van der Waals surface area contributed by atoms with Gasteiger partial charge in [-0.3, -0.25) is 9.58 Å². The van der Waals surface area contributed by atoms with Crippen molar-refractivity contribution in [1.29, 1.82) is 0 Å². The predicted molar refractivity (Wildman–Crippen MR) is 153 cm³/mol. The van der Waals surface area contributed by atoms with Crippen LogP contribution in [-0.4, -0.2) is 44.0 Å². The molecule has 3 heterocycles. The summed E-state index contributed by atoms with van der Waals surface area (Å²) in [5.74, 6) is 0. The minimum absolute atomic E-state index is 0.505. The van der Waals surface area contributed by atoms with Gasteiger partial charge in [-0.2, -0.15) is 5.10 Å². The van der Waals surface area contributed by atoms with Crippen molar-refractivity contribution >= 4 is 17.4 Å². The Balaban J connectivity index is 1.42. The lowest BCUT2D eigenvalue weighted by Gasteiger charge is -2.48. The van der Waals surface area contributed by atoms with Crippen LogP contribution in [0.25, 0.3) is 6.08 Å². The monoisotopic (exact) mass is 518 g/mol. The minimum atomic E-state index is -0.507. The summed E-state index contributed by atoms with van der Waals surface area (Å²) in [6, 6.07) is 34.2. The van der Waals surface area contributed by atoms with Crippen LogP contribution in [0, 0.1) is 0 Å². The molecule has 1 fully saturated rings. The van der Waals surface area contributed by atoms with E-state index in [2.05, 4.69) is 107 Å². The van der Waals surface area contributed by atoms with E-state index < -0.39 is 11.6 Å². The molecule has 0 aliphatic carbocycles. The lowest BCUT2D eigenvalue weighted by molar-refractivity contribution is 0.0871. The maximum atomic E-state index is 11.1. The molecule has 1 N–H and O–H groups in total. The average molecular weight is 519 g/mol. The topological polar surface area (TPSA) is 54.2 Å². The first kappa shape index (κ1) is 24.5. The molecule has 0 saturated carbocycles. The Hall–Kier alpha value is -3.84. The van der Waals surface area contributed by atoms with Crippen LogP contribution in [0.4, 0.5) is 0 Å². The van der Waals surface area contributed by atoms with Crippen LogP contribution in [0.15, 0.2) is 120 Å². The van der Waals surface area contributed by atoms with Crippen LogP contribution in [0.5, 0.6) is 0 Å². The largest absolute Gasteiger partial charge is 0.389 e. The summed E-state index contributed by atoms with van der Waals surface area (Å²) in [6.45, 7) is 2.02. The Morgan fingerprint density at radius 2 is 1.47 bits per heavy atom. The summed E-state index contributed by atoms with van der Waals surface area (Å²) < 4.78 is 1.90. The zero-order valence-corrected chi connectivity index (χ0v) is 21.9. The Morgan fingerprint density at radius 1 is 0.868 bits per heavy atom. The Kier molecular flexibility index (Phi) is 7.01. The quantitative estimate of drug-likeness (QED) is 0.276. The number of thiazole rings is 1. The molecule has 5 nitrogen and oxygen atoms in total. The third kappa shape index (κ3) is 4.74. The van der Waals surface area contributed by atoms with E-state index in [9.17, 15) is 5.11 Å². The SMILES string of the molecule is OC1CCN(C(c2ccccc2)(c2ccccc2)c2ccccc2)C/C1=C/c1ccn(Cc2cscn2)n1. The number of aromatic nitrogens is 3. The van der Waals surface area contributed by atoms with Crippen LogP contribution in [0.2, 0.25) is 0 Å². The summed E-state index contributed by atoms with van der Waals surface area (Å²) in [4.78, 5) is 6.88. The lowest BCUT2D eigenvalue weighted by Crippen LogP contribution is -2.52. The fourth-order valence-corrected chi connectivity index (χ4v) is 6.15. The van der Waals surface area contributed by atoms with Gasteiger partial charge in [-0.1, -0.05) is 91.0 Å². The second-order valence-electron chi connectivity index (χ2n) is 9.67. The highest BCUT2D eigenvalue weighted by Crippen LogP contribution is 2.44. The van der Waals surface area contributed by atoms with Gasteiger partial charge in [0.1, 0.15) is 0 Å². The van der Waals surface area contributed by atoms with Gasteiger partial charge in [-0.15, -0.1) is 11.3 Å². The van der Waals surface area contributed by atoms with Crippen LogP contribution in [0.3, 0.4) is 0 Å². The van der Waals surface area contributed by atoms with Crippen molar-refractivity contribution < 1.29 is 5.11 Å². The third-order valence-corrected chi connectivity index (χ3v) is 7.96. The first-order valence-electron chi connectivity index (χ1n) is 12.9. The molecule has 6 heteroatoms. The number of benzene rings is 3. The van der Waals surface area contributed by atoms with Crippen LogP contribution in [0.1, 0.15) is 34.5 Å². The van der Waals surface area contributed by atoms with Gasteiger partial charge in [0.2, 0.25) is 0 Å². The number of nitrogens with zero attached hydrogens (tertiary/aromatic N) is 4. The van der Waals surface area contributed by atoms with E-state index >= 15 is 0 Å². The van der Waals surface area contributed by atoms with E-state index in [0.29, 0.717) is 19.5 Å². The molecule has 6 rings (SSSR count). The molecule has 0 spiro atoms. The number of piperidine rings is 1. The molecule has 5 aromatic rings. The summed E-state index contributed by atoms with van der Waals surface area (Å²) in [6.07, 6.45) is 4.18. The predicted octanol–water partition coefficient (Wildman–Crippen LogP) is 5.83. The molecule has 1 aliphatic heterocycles. The van der Waals surface area contributed by atoms with Gasteiger partial charge in [0, 0.05) is 24.7 Å². The fraction of sp³-hybridized carbons (Fsp3) is 0.188.